The molecule has 0 aromatic heterocycles. The lowest BCUT2D eigenvalue weighted by atomic mass is 10.1. The predicted molar refractivity (Wildman–Crippen MR) is 71.3 cm³/mol. The first kappa shape index (κ1) is 15.1. The quantitative estimate of drug-likeness (QED) is 0.623. The first-order chi connectivity index (χ1) is 8.60. The normalized spacial score (nSPS) is 20.8. The zero-order valence-corrected chi connectivity index (χ0v) is 11.4. The molecule has 0 aromatic carbocycles. The second-order valence-corrected chi connectivity index (χ2v) is 5.34. The molecule has 0 aliphatic carbocycles. The number of nitrogens with zero attached hydrogens (tertiary/aromatic N) is 1. The highest BCUT2D eigenvalue weighted by Crippen LogP contribution is 2.18. The molecule has 0 saturated carbocycles. The van der Waals surface area contributed by atoms with Gasteiger partial charge >= 0.3 is 6.03 Å². The van der Waals surface area contributed by atoms with Gasteiger partial charge in [-0.1, -0.05) is 0 Å². The summed E-state index contributed by atoms with van der Waals surface area (Å²) in [4.78, 5) is 24.9. The van der Waals surface area contributed by atoms with Crippen LogP contribution < -0.4 is 11.1 Å². The first-order valence-corrected chi connectivity index (χ1v) is 7.45. The van der Waals surface area contributed by atoms with Gasteiger partial charge in [-0.15, -0.1) is 0 Å². The van der Waals surface area contributed by atoms with E-state index in [1.165, 1.54) is 0 Å². The third kappa shape index (κ3) is 4.06. The van der Waals surface area contributed by atoms with Crippen LogP contribution >= 0.6 is 11.8 Å². The van der Waals surface area contributed by atoms with Gasteiger partial charge in [-0.2, -0.15) is 11.8 Å². The highest BCUT2D eigenvalue weighted by atomic mass is 32.2. The van der Waals surface area contributed by atoms with Gasteiger partial charge in [0.2, 0.25) is 5.91 Å². The average Bonchev–Trinajstić information content (AvgIpc) is 2.81. The number of hydrogen-bond donors (Lipinski definition) is 3. The van der Waals surface area contributed by atoms with Gasteiger partial charge in [0.15, 0.2) is 0 Å². The van der Waals surface area contributed by atoms with Crippen molar-refractivity contribution in [3.8, 4) is 0 Å². The lowest BCUT2D eigenvalue weighted by Gasteiger charge is -2.28. The second kappa shape index (κ2) is 7.48. The Morgan fingerprint density at radius 3 is 2.89 bits per heavy atom. The van der Waals surface area contributed by atoms with Gasteiger partial charge in [0.1, 0.15) is 6.04 Å². The van der Waals surface area contributed by atoms with E-state index < -0.39 is 12.1 Å². The van der Waals surface area contributed by atoms with E-state index in [2.05, 4.69) is 5.32 Å². The Morgan fingerprint density at radius 2 is 2.33 bits per heavy atom. The Kier molecular flexibility index (Phi) is 6.28. The van der Waals surface area contributed by atoms with Crippen molar-refractivity contribution in [1.29, 1.82) is 0 Å². The number of carbonyl (C=O) groups is 2. The molecular formula is C11H21N3O3S. The third-order valence-corrected chi connectivity index (χ3v) is 3.74. The minimum Gasteiger partial charge on any atom is -0.394 e. The fraction of sp³-hybridized carbons (Fsp3) is 0.818. The monoisotopic (exact) mass is 275 g/mol. The molecule has 1 fully saturated rings. The number of hydrogen-bond acceptors (Lipinski definition) is 4. The van der Waals surface area contributed by atoms with Gasteiger partial charge < -0.3 is 21.1 Å². The fourth-order valence-corrected chi connectivity index (χ4v) is 2.65. The summed E-state index contributed by atoms with van der Waals surface area (Å²) in [5.41, 5.74) is 5.09. The second-order valence-electron chi connectivity index (χ2n) is 4.35. The molecule has 0 bridgehead atoms. The van der Waals surface area contributed by atoms with Crippen molar-refractivity contribution in [3.63, 3.8) is 0 Å². The number of nitrogens with one attached hydrogen (secondary N) is 1. The maximum absolute atomic E-state index is 12.3. The SMILES string of the molecule is CSCCC(NC(N)=O)C(=O)N1CCCC1CO. The Balaban J connectivity index is 2.64. The van der Waals surface area contributed by atoms with Crippen molar-refractivity contribution in [2.24, 2.45) is 5.73 Å². The highest BCUT2D eigenvalue weighted by Gasteiger charge is 2.32. The molecule has 6 nitrogen and oxygen atoms in total. The number of thioether (sulfide) groups is 1. The van der Waals surface area contributed by atoms with Crippen molar-refractivity contribution >= 4 is 23.7 Å². The molecule has 1 aliphatic heterocycles. The number of primary amides is 1. The molecule has 1 saturated heterocycles. The molecule has 18 heavy (non-hydrogen) atoms. The zero-order valence-electron chi connectivity index (χ0n) is 10.6. The van der Waals surface area contributed by atoms with Crippen molar-refractivity contribution < 1.29 is 14.7 Å². The topological polar surface area (TPSA) is 95.7 Å². The van der Waals surface area contributed by atoms with Crippen LogP contribution in [0.3, 0.4) is 0 Å². The molecule has 1 heterocycles. The smallest absolute Gasteiger partial charge is 0.312 e. The summed E-state index contributed by atoms with van der Waals surface area (Å²) >= 11 is 1.61. The van der Waals surface area contributed by atoms with Crippen LogP contribution in [0.25, 0.3) is 0 Å². The van der Waals surface area contributed by atoms with Gasteiger partial charge in [0.25, 0.3) is 0 Å². The number of aliphatic hydroxyl groups is 1. The molecule has 1 rings (SSSR count). The Labute approximate surface area is 111 Å². The molecule has 2 unspecified atom stereocenters. The third-order valence-electron chi connectivity index (χ3n) is 3.10. The molecule has 0 spiro atoms. The minimum absolute atomic E-state index is 0.0302. The molecule has 4 N–H and O–H groups in total. The lowest BCUT2D eigenvalue weighted by Crippen LogP contribution is -2.52. The van der Waals surface area contributed by atoms with Gasteiger partial charge in [0, 0.05) is 6.54 Å². The van der Waals surface area contributed by atoms with Crippen LogP contribution in [0, 0.1) is 0 Å². The minimum atomic E-state index is -0.686. The summed E-state index contributed by atoms with van der Waals surface area (Å²) < 4.78 is 0. The Bertz CT molecular complexity index is 301. The van der Waals surface area contributed by atoms with Crippen LogP contribution in [-0.4, -0.2) is 59.2 Å². The van der Waals surface area contributed by atoms with E-state index in [0.29, 0.717) is 13.0 Å². The number of aliphatic hydroxyl groups excluding tert-OH is 1. The summed E-state index contributed by atoms with van der Waals surface area (Å²) in [5.74, 6) is 0.633. The molecule has 0 radical (unpaired) electrons. The molecule has 1 aliphatic rings. The molecule has 3 amide bonds. The van der Waals surface area contributed by atoms with Gasteiger partial charge in [-0.25, -0.2) is 4.79 Å². The Hall–Kier alpha value is -0.950. The number of urea groups is 1. The number of carbonyl (C=O) groups excluding carboxylic acids is 2. The summed E-state index contributed by atoms with van der Waals surface area (Å²) in [6.07, 6.45) is 4.20. The molecule has 2 atom stereocenters. The van der Waals surface area contributed by atoms with Gasteiger partial charge in [-0.05, 0) is 31.3 Å². The number of amides is 3. The maximum atomic E-state index is 12.3. The number of likely N-dealkylation sites (tertiary alicyclic amines) is 1. The van der Waals surface area contributed by atoms with E-state index in [1.807, 2.05) is 6.26 Å². The summed E-state index contributed by atoms with van der Waals surface area (Å²) in [6, 6.07) is -1.39. The average molecular weight is 275 g/mol. The standard InChI is InChI=1S/C11H21N3O3S/c1-18-6-4-9(13-11(12)17)10(16)14-5-2-3-8(14)7-15/h8-9,15H,2-7H2,1H3,(H3,12,13,17). The van der Waals surface area contributed by atoms with Crippen LogP contribution in [0.2, 0.25) is 0 Å². The predicted octanol–water partition coefficient (Wildman–Crippen LogP) is -0.240. The van der Waals surface area contributed by atoms with Crippen LogP contribution in [0.15, 0.2) is 0 Å². The highest BCUT2D eigenvalue weighted by molar-refractivity contribution is 7.98. The fourth-order valence-electron chi connectivity index (χ4n) is 2.18. The van der Waals surface area contributed by atoms with Crippen LogP contribution in [-0.2, 0) is 4.79 Å². The largest absolute Gasteiger partial charge is 0.394 e. The molecule has 7 heteroatoms. The zero-order chi connectivity index (χ0) is 13.5. The van der Waals surface area contributed by atoms with Crippen molar-refractivity contribution in [3.05, 3.63) is 0 Å². The maximum Gasteiger partial charge on any atom is 0.312 e. The molecule has 104 valence electrons. The van der Waals surface area contributed by atoms with Crippen molar-refractivity contribution in [2.45, 2.75) is 31.3 Å². The van der Waals surface area contributed by atoms with E-state index in [1.54, 1.807) is 16.7 Å². The lowest BCUT2D eigenvalue weighted by molar-refractivity contribution is -0.134. The summed E-state index contributed by atoms with van der Waals surface area (Å²) in [7, 11) is 0. The summed E-state index contributed by atoms with van der Waals surface area (Å²) in [6.45, 7) is 0.609. The number of rotatable bonds is 6. The number of nitrogens with two attached hydrogens (primary N) is 1. The van der Waals surface area contributed by atoms with E-state index >= 15 is 0 Å². The van der Waals surface area contributed by atoms with E-state index in [4.69, 9.17) is 5.73 Å². The van der Waals surface area contributed by atoms with Crippen LogP contribution in [0.4, 0.5) is 4.79 Å². The van der Waals surface area contributed by atoms with Crippen LogP contribution in [0.1, 0.15) is 19.3 Å². The van der Waals surface area contributed by atoms with Crippen LogP contribution in [0.5, 0.6) is 0 Å². The van der Waals surface area contributed by atoms with Crippen molar-refractivity contribution in [1.82, 2.24) is 10.2 Å². The summed E-state index contributed by atoms with van der Waals surface area (Å²) in [5, 5.41) is 11.7. The van der Waals surface area contributed by atoms with E-state index in [9.17, 15) is 14.7 Å². The van der Waals surface area contributed by atoms with E-state index in [0.717, 1.165) is 18.6 Å². The van der Waals surface area contributed by atoms with Gasteiger partial charge in [0.05, 0.1) is 12.6 Å². The van der Waals surface area contributed by atoms with E-state index in [-0.39, 0.29) is 18.6 Å². The van der Waals surface area contributed by atoms with Gasteiger partial charge in [-0.3, -0.25) is 4.79 Å². The molecule has 0 aromatic rings. The Morgan fingerprint density at radius 1 is 1.61 bits per heavy atom. The first-order valence-electron chi connectivity index (χ1n) is 6.06. The van der Waals surface area contributed by atoms with Crippen molar-refractivity contribution in [2.75, 3.05) is 25.2 Å². The molecular weight excluding hydrogens is 254 g/mol.